The van der Waals surface area contributed by atoms with Gasteiger partial charge in [-0.25, -0.2) is 0 Å². The number of hydrogen-bond acceptors (Lipinski definition) is 5. The molecule has 1 aromatic carbocycles. The van der Waals surface area contributed by atoms with Crippen molar-refractivity contribution in [2.75, 3.05) is 11.7 Å². The molecule has 120 valence electrons. The van der Waals surface area contributed by atoms with Gasteiger partial charge in [-0.05, 0) is 72.8 Å². The van der Waals surface area contributed by atoms with Crippen LogP contribution in [0.5, 0.6) is 5.75 Å². The van der Waals surface area contributed by atoms with E-state index in [1.807, 2.05) is 32.0 Å². The van der Waals surface area contributed by atoms with E-state index in [2.05, 4.69) is 27.1 Å². The summed E-state index contributed by atoms with van der Waals surface area (Å²) in [6.45, 7) is 5.83. The molecule has 0 bridgehead atoms. The molecule has 1 atom stereocenters. The fourth-order valence-corrected chi connectivity index (χ4v) is 3.07. The molecule has 1 unspecified atom stereocenters. The van der Waals surface area contributed by atoms with Crippen molar-refractivity contribution in [2.45, 2.75) is 20.8 Å². The number of anilines is 1. The maximum Gasteiger partial charge on any atom is 0.120 e. The van der Waals surface area contributed by atoms with Gasteiger partial charge in [0.15, 0.2) is 0 Å². The first-order valence-corrected chi connectivity index (χ1v) is 10.8. The SMILES string of the molecule is CC(=N)c1cc(OCC(/C(C)=C\N)=C(\C)N)ccc1NPI. The van der Waals surface area contributed by atoms with Gasteiger partial charge >= 0.3 is 0 Å². The Hall–Kier alpha value is -1.27. The lowest BCUT2D eigenvalue weighted by atomic mass is 10.1. The van der Waals surface area contributed by atoms with Gasteiger partial charge in [0.05, 0.1) is 0 Å². The van der Waals surface area contributed by atoms with E-state index in [1.54, 1.807) is 6.92 Å². The number of benzene rings is 1. The molecule has 0 saturated heterocycles. The number of hydrogen-bond donors (Lipinski definition) is 4. The van der Waals surface area contributed by atoms with Crippen LogP contribution in [0.1, 0.15) is 26.3 Å². The van der Waals surface area contributed by atoms with Gasteiger partial charge in [0.25, 0.3) is 0 Å². The minimum absolute atomic E-state index is 0.346. The molecule has 0 amide bonds. The van der Waals surface area contributed by atoms with Gasteiger partial charge < -0.3 is 26.7 Å². The monoisotopic (exact) mass is 432 g/mol. The van der Waals surface area contributed by atoms with E-state index in [4.69, 9.17) is 21.6 Å². The highest BCUT2D eigenvalue weighted by Gasteiger charge is 2.09. The van der Waals surface area contributed by atoms with Crippen LogP contribution in [-0.4, -0.2) is 12.3 Å². The Bertz CT molecular complexity index is 610. The minimum atomic E-state index is 0.346. The lowest BCUT2D eigenvalue weighted by molar-refractivity contribution is 0.352. The number of allylic oxidation sites excluding steroid dienone is 1. The quantitative estimate of drug-likeness (QED) is 0.227. The van der Waals surface area contributed by atoms with Gasteiger partial charge in [0, 0.05) is 34.6 Å². The summed E-state index contributed by atoms with van der Waals surface area (Å²) < 4.78 is 5.82. The van der Waals surface area contributed by atoms with Crippen molar-refractivity contribution in [1.82, 2.24) is 0 Å². The number of nitrogens with two attached hydrogens (primary N) is 2. The van der Waals surface area contributed by atoms with Gasteiger partial charge in [-0.1, -0.05) is 0 Å². The van der Waals surface area contributed by atoms with Crippen LogP contribution in [0.3, 0.4) is 0 Å². The standard InChI is InChI=1S/C15H22IN4OP/c1-9(7-17)14(11(3)19)8-21-12-4-5-15(20-22-16)13(6-12)10(2)18/h4-7,18,20,22H,8,17,19H2,1-3H3/b9-7-,14-11-,18-10?. The van der Waals surface area contributed by atoms with Crippen LogP contribution < -0.4 is 21.3 Å². The highest BCUT2D eigenvalue weighted by atomic mass is 127. The number of rotatable bonds is 7. The Kier molecular flexibility index (Phi) is 7.68. The van der Waals surface area contributed by atoms with E-state index < -0.39 is 0 Å². The molecular formula is C15H22IN4OP. The zero-order valence-electron chi connectivity index (χ0n) is 13.0. The Morgan fingerprint density at radius 1 is 1.41 bits per heavy atom. The third-order valence-corrected chi connectivity index (χ3v) is 4.34. The first kappa shape index (κ1) is 18.8. The first-order valence-electron chi connectivity index (χ1n) is 6.68. The molecule has 0 aromatic heterocycles. The van der Waals surface area contributed by atoms with Crippen molar-refractivity contribution >= 4 is 39.8 Å². The normalized spacial score (nSPS) is 13.2. The average Bonchev–Trinajstić information content (AvgIpc) is 2.48. The summed E-state index contributed by atoms with van der Waals surface area (Å²) in [7, 11) is 0. The molecule has 22 heavy (non-hydrogen) atoms. The zero-order chi connectivity index (χ0) is 16.7. The van der Waals surface area contributed by atoms with Crippen LogP contribution in [0.2, 0.25) is 0 Å². The molecule has 0 radical (unpaired) electrons. The van der Waals surface area contributed by atoms with Gasteiger partial charge in [0.1, 0.15) is 12.4 Å². The van der Waals surface area contributed by atoms with Crippen molar-refractivity contribution in [1.29, 1.82) is 5.41 Å². The molecule has 0 saturated carbocycles. The Labute approximate surface area is 146 Å². The number of nitrogens with one attached hydrogen (secondary N) is 2. The molecule has 0 fully saturated rings. The summed E-state index contributed by atoms with van der Waals surface area (Å²) in [4.78, 5) is 0. The van der Waals surface area contributed by atoms with Crippen molar-refractivity contribution in [2.24, 2.45) is 11.5 Å². The molecule has 0 aliphatic rings. The van der Waals surface area contributed by atoms with Crippen molar-refractivity contribution in [3.63, 3.8) is 0 Å². The second-order valence-corrected chi connectivity index (χ2v) is 6.91. The van der Waals surface area contributed by atoms with E-state index in [1.165, 1.54) is 6.20 Å². The van der Waals surface area contributed by atoms with E-state index in [-0.39, 0.29) is 0 Å². The molecule has 1 aromatic rings. The lowest BCUT2D eigenvalue weighted by Crippen LogP contribution is -2.10. The third kappa shape index (κ3) is 5.18. The molecule has 0 aliphatic carbocycles. The molecule has 0 aliphatic heterocycles. The van der Waals surface area contributed by atoms with Crippen LogP contribution in [0.4, 0.5) is 5.69 Å². The average molecular weight is 432 g/mol. The fourth-order valence-electron chi connectivity index (χ4n) is 1.88. The van der Waals surface area contributed by atoms with Crippen LogP contribution in [0.15, 0.2) is 41.2 Å². The smallest absolute Gasteiger partial charge is 0.120 e. The van der Waals surface area contributed by atoms with E-state index >= 15 is 0 Å². The van der Waals surface area contributed by atoms with Gasteiger partial charge in [-0.3, -0.25) is 0 Å². The molecule has 0 spiro atoms. The summed E-state index contributed by atoms with van der Waals surface area (Å²) in [5.74, 6) is 0.701. The predicted molar refractivity (Wildman–Crippen MR) is 105 cm³/mol. The summed E-state index contributed by atoms with van der Waals surface area (Å²) in [5.41, 5.74) is 16.2. The zero-order valence-corrected chi connectivity index (χ0v) is 16.1. The lowest BCUT2D eigenvalue weighted by Gasteiger charge is -2.15. The summed E-state index contributed by atoms with van der Waals surface area (Å²) in [5, 5.41) is 11.1. The molecule has 7 heteroatoms. The number of ether oxygens (including phenoxy) is 1. The van der Waals surface area contributed by atoms with Crippen molar-refractivity contribution in [3.8, 4) is 5.75 Å². The maximum atomic E-state index is 7.88. The summed E-state index contributed by atoms with van der Waals surface area (Å²) in [6, 6.07) is 5.68. The van der Waals surface area contributed by atoms with Crippen LogP contribution in [0, 0.1) is 5.41 Å². The second kappa shape index (κ2) is 9.00. The molecular weight excluding hydrogens is 410 g/mol. The Morgan fingerprint density at radius 2 is 2.09 bits per heavy atom. The van der Waals surface area contributed by atoms with E-state index in [9.17, 15) is 0 Å². The molecule has 6 N–H and O–H groups in total. The van der Waals surface area contributed by atoms with E-state index in [0.29, 0.717) is 30.1 Å². The summed E-state index contributed by atoms with van der Waals surface area (Å²) in [6.07, 6.45) is 2.07. The molecule has 1 rings (SSSR count). The number of halogens is 1. The van der Waals surface area contributed by atoms with Gasteiger partial charge in [-0.2, -0.15) is 0 Å². The van der Waals surface area contributed by atoms with Crippen molar-refractivity contribution in [3.05, 3.63) is 46.8 Å². The summed E-state index contributed by atoms with van der Waals surface area (Å²) >= 11 is 2.26. The van der Waals surface area contributed by atoms with E-state index in [0.717, 1.165) is 22.4 Å². The maximum absolute atomic E-state index is 7.88. The highest BCUT2D eigenvalue weighted by Crippen LogP contribution is 2.30. The Balaban J connectivity index is 2.98. The Morgan fingerprint density at radius 3 is 2.59 bits per heavy atom. The second-order valence-electron chi connectivity index (χ2n) is 4.85. The molecule has 0 heterocycles. The van der Waals surface area contributed by atoms with Crippen molar-refractivity contribution < 1.29 is 4.74 Å². The van der Waals surface area contributed by atoms with Gasteiger partial charge in [0.2, 0.25) is 0 Å². The van der Waals surface area contributed by atoms with Gasteiger partial charge in [-0.15, -0.1) is 0 Å². The third-order valence-electron chi connectivity index (χ3n) is 3.16. The van der Waals surface area contributed by atoms with Crippen LogP contribution >= 0.6 is 28.4 Å². The topological polar surface area (TPSA) is 97.1 Å². The highest BCUT2D eigenvalue weighted by molar-refractivity contribution is 14.2. The largest absolute Gasteiger partial charge is 0.489 e. The minimum Gasteiger partial charge on any atom is -0.489 e. The first-order chi connectivity index (χ1) is 10.4. The van der Waals surface area contributed by atoms with Crippen LogP contribution in [-0.2, 0) is 0 Å². The molecule has 5 nitrogen and oxygen atoms in total. The predicted octanol–water partition coefficient (Wildman–Crippen LogP) is 3.90. The fraction of sp³-hybridized carbons (Fsp3) is 0.267. The van der Waals surface area contributed by atoms with Crippen LogP contribution in [0.25, 0.3) is 0 Å².